The van der Waals surface area contributed by atoms with Crippen molar-refractivity contribution in [3.05, 3.63) is 67.3 Å². The molecule has 172 valence electrons. The van der Waals surface area contributed by atoms with Crippen LogP contribution in [0.1, 0.15) is 6.42 Å². The van der Waals surface area contributed by atoms with E-state index in [1.807, 2.05) is 30.3 Å². The number of methoxy groups -OCH3 is 1. The van der Waals surface area contributed by atoms with Crippen molar-refractivity contribution in [2.75, 3.05) is 45.8 Å². The van der Waals surface area contributed by atoms with Crippen molar-refractivity contribution in [2.24, 2.45) is 0 Å². The van der Waals surface area contributed by atoms with Crippen LogP contribution in [0.15, 0.2) is 67.3 Å². The molecule has 2 heterocycles. The quantitative estimate of drug-likeness (QED) is 0.501. The molecule has 3 aromatic rings. The van der Waals surface area contributed by atoms with E-state index in [1.165, 1.54) is 0 Å². The average Bonchev–Trinajstić information content (AvgIpc) is 3.34. The molecule has 0 amide bonds. The van der Waals surface area contributed by atoms with Crippen LogP contribution < -0.4 is 14.4 Å². The van der Waals surface area contributed by atoms with Crippen LogP contribution in [0.3, 0.4) is 0 Å². The second-order valence-corrected chi connectivity index (χ2v) is 8.43. The molecule has 1 fully saturated rings. The van der Waals surface area contributed by atoms with Gasteiger partial charge in [-0.2, -0.15) is 0 Å². The van der Waals surface area contributed by atoms with Crippen molar-refractivity contribution in [1.29, 1.82) is 0 Å². The molecule has 2 aromatic carbocycles. The Bertz CT molecular complexity index is 1130. The summed E-state index contributed by atoms with van der Waals surface area (Å²) in [6.07, 6.45) is 2.84. The molecule has 1 aliphatic rings. The third kappa shape index (κ3) is 4.96. The highest BCUT2D eigenvalue weighted by Crippen LogP contribution is 2.37. The summed E-state index contributed by atoms with van der Waals surface area (Å²) in [5.41, 5.74) is 3.71. The number of pyridine rings is 1. The number of phenols is 1. The predicted octanol–water partition coefficient (Wildman–Crippen LogP) is 4.83. The maximum Gasteiger partial charge on any atom is 0.161 e. The van der Waals surface area contributed by atoms with E-state index in [9.17, 15) is 5.11 Å². The van der Waals surface area contributed by atoms with Gasteiger partial charge in [0.2, 0.25) is 0 Å². The molecular weight excluding hydrogens is 414 g/mol. The highest BCUT2D eigenvalue weighted by molar-refractivity contribution is 5.78. The molecule has 0 bridgehead atoms. The van der Waals surface area contributed by atoms with Gasteiger partial charge in [0.1, 0.15) is 18.2 Å². The molecule has 0 radical (unpaired) electrons. The van der Waals surface area contributed by atoms with E-state index >= 15 is 0 Å². The number of phenolic OH excluding ortho intramolecular Hbond substituents is 1. The molecule has 1 aromatic heterocycles. The number of rotatable bonds is 8. The number of para-hydroxylation sites is 1. The molecular formula is C27H31N3O3. The predicted molar refractivity (Wildman–Crippen MR) is 133 cm³/mol. The summed E-state index contributed by atoms with van der Waals surface area (Å²) in [6.45, 7) is 6.08. The number of aromatic nitrogens is 1. The topological polar surface area (TPSA) is 58.1 Å². The Morgan fingerprint density at radius 3 is 2.67 bits per heavy atom. The normalized spacial score (nSPS) is 15.6. The molecule has 33 heavy (non-hydrogen) atoms. The average molecular weight is 446 g/mol. The lowest BCUT2D eigenvalue weighted by atomic mass is 10.0. The van der Waals surface area contributed by atoms with Gasteiger partial charge in [-0.3, -0.25) is 0 Å². The van der Waals surface area contributed by atoms with E-state index in [0.29, 0.717) is 18.4 Å². The number of likely N-dealkylation sites (N-methyl/N-ethyl adjacent to an activating group) is 1. The lowest BCUT2D eigenvalue weighted by molar-refractivity contribution is 0.315. The van der Waals surface area contributed by atoms with E-state index in [0.717, 1.165) is 53.5 Å². The summed E-state index contributed by atoms with van der Waals surface area (Å²) in [5, 5.41) is 10.1. The Hall–Kier alpha value is -3.51. The van der Waals surface area contributed by atoms with E-state index in [1.54, 1.807) is 19.3 Å². The van der Waals surface area contributed by atoms with Crippen LogP contribution in [0, 0.1) is 0 Å². The standard InChI is InChI=1S/C27H31N3O3/c1-5-14-33-25-9-7-6-8-22(25)20-15-23(19-10-11-24(31)26(16-19)32-4)28-27(17-20)30-13-12-21(18-30)29(2)3/h5-11,15-17,21,31H,1,12-14,18H2,2-4H3. The van der Waals surface area contributed by atoms with Gasteiger partial charge < -0.3 is 24.4 Å². The molecule has 4 rings (SSSR count). The summed E-state index contributed by atoms with van der Waals surface area (Å²) in [5.74, 6) is 2.26. The van der Waals surface area contributed by atoms with Crippen molar-refractivity contribution in [3.8, 4) is 39.6 Å². The van der Waals surface area contributed by atoms with Crippen molar-refractivity contribution in [2.45, 2.75) is 12.5 Å². The summed E-state index contributed by atoms with van der Waals surface area (Å²) in [7, 11) is 5.80. The molecule has 1 saturated heterocycles. The van der Waals surface area contributed by atoms with Crippen LogP contribution in [0.25, 0.3) is 22.4 Å². The zero-order chi connectivity index (χ0) is 23.4. The number of nitrogens with zero attached hydrogens (tertiary/aromatic N) is 3. The van der Waals surface area contributed by atoms with Gasteiger partial charge in [0.25, 0.3) is 0 Å². The number of hydrogen-bond acceptors (Lipinski definition) is 6. The molecule has 1 unspecified atom stereocenters. The number of ether oxygens (including phenoxy) is 2. The third-order valence-electron chi connectivity index (χ3n) is 6.06. The van der Waals surface area contributed by atoms with Crippen LogP contribution in [-0.4, -0.2) is 61.9 Å². The molecule has 1 aliphatic heterocycles. The van der Waals surface area contributed by atoms with Gasteiger partial charge in [-0.1, -0.05) is 30.9 Å². The molecule has 1 atom stereocenters. The SMILES string of the molecule is C=CCOc1ccccc1-c1cc(-c2ccc(O)c(OC)c2)nc(N2CCC(N(C)C)C2)c1. The maximum absolute atomic E-state index is 10.1. The first-order valence-electron chi connectivity index (χ1n) is 11.1. The molecule has 0 saturated carbocycles. The van der Waals surface area contributed by atoms with Crippen LogP contribution in [0.4, 0.5) is 5.82 Å². The summed E-state index contributed by atoms with van der Waals surface area (Å²) < 4.78 is 11.3. The van der Waals surface area contributed by atoms with Gasteiger partial charge in [0.15, 0.2) is 11.5 Å². The van der Waals surface area contributed by atoms with Crippen molar-refractivity contribution < 1.29 is 14.6 Å². The largest absolute Gasteiger partial charge is 0.504 e. The van der Waals surface area contributed by atoms with Gasteiger partial charge in [0.05, 0.1) is 12.8 Å². The van der Waals surface area contributed by atoms with Gasteiger partial charge in [-0.05, 0) is 62.5 Å². The van der Waals surface area contributed by atoms with Gasteiger partial charge in [0, 0.05) is 30.3 Å². The number of anilines is 1. The Morgan fingerprint density at radius 1 is 1.12 bits per heavy atom. The van der Waals surface area contributed by atoms with Crippen molar-refractivity contribution >= 4 is 5.82 Å². The summed E-state index contributed by atoms with van der Waals surface area (Å²) in [6, 6.07) is 18.0. The highest BCUT2D eigenvalue weighted by Gasteiger charge is 2.26. The second-order valence-electron chi connectivity index (χ2n) is 8.43. The van der Waals surface area contributed by atoms with E-state index in [2.05, 4.69) is 48.7 Å². The van der Waals surface area contributed by atoms with Crippen LogP contribution in [0.5, 0.6) is 17.2 Å². The fourth-order valence-electron chi connectivity index (χ4n) is 4.17. The van der Waals surface area contributed by atoms with Gasteiger partial charge in [-0.15, -0.1) is 0 Å². The fourth-order valence-corrected chi connectivity index (χ4v) is 4.17. The Labute approximate surface area is 195 Å². The zero-order valence-corrected chi connectivity index (χ0v) is 19.5. The smallest absolute Gasteiger partial charge is 0.161 e. The van der Waals surface area contributed by atoms with Gasteiger partial charge >= 0.3 is 0 Å². The van der Waals surface area contributed by atoms with E-state index in [4.69, 9.17) is 14.5 Å². The minimum Gasteiger partial charge on any atom is -0.504 e. The zero-order valence-electron chi connectivity index (χ0n) is 19.5. The first kappa shape index (κ1) is 22.7. The fraction of sp³-hybridized carbons (Fsp3) is 0.296. The van der Waals surface area contributed by atoms with E-state index < -0.39 is 0 Å². The van der Waals surface area contributed by atoms with Crippen molar-refractivity contribution in [3.63, 3.8) is 0 Å². The third-order valence-corrected chi connectivity index (χ3v) is 6.06. The maximum atomic E-state index is 10.1. The number of hydrogen-bond donors (Lipinski definition) is 1. The molecule has 0 spiro atoms. The first-order chi connectivity index (χ1) is 16.0. The van der Waals surface area contributed by atoms with Crippen LogP contribution in [0.2, 0.25) is 0 Å². The van der Waals surface area contributed by atoms with Gasteiger partial charge in [-0.25, -0.2) is 4.98 Å². The van der Waals surface area contributed by atoms with Crippen LogP contribution >= 0.6 is 0 Å². The summed E-state index contributed by atoms with van der Waals surface area (Å²) >= 11 is 0. The van der Waals surface area contributed by atoms with Crippen molar-refractivity contribution in [1.82, 2.24) is 9.88 Å². The molecule has 6 heteroatoms. The number of benzene rings is 2. The van der Waals surface area contributed by atoms with E-state index in [-0.39, 0.29) is 5.75 Å². The minimum absolute atomic E-state index is 0.106. The number of aromatic hydroxyl groups is 1. The second kappa shape index (κ2) is 9.96. The molecule has 1 N–H and O–H groups in total. The highest BCUT2D eigenvalue weighted by atomic mass is 16.5. The lowest BCUT2D eigenvalue weighted by Crippen LogP contribution is -2.31. The Morgan fingerprint density at radius 2 is 1.94 bits per heavy atom. The minimum atomic E-state index is 0.106. The molecule has 6 nitrogen and oxygen atoms in total. The first-order valence-corrected chi connectivity index (χ1v) is 11.1. The Kier molecular flexibility index (Phi) is 6.84. The Balaban J connectivity index is 1.82. The van der Waals surface area contributed by atoms with Crippen LogP contribution in [-0.2, 0) is 0 Å². The summed E-state index contributed by atoms with van der Waals surface area (Å²) in [4.78, 5) is 9.62. The molecule has 0 aliphatic carbocycles. The monoisotopic (exact) mass is 445 g/mol. The lowest BCUT2D eigenvalue weighted by Gasteiger charge is -2.22.